The maximum Gasteiger partial charge on any atom is 0.241 e. The molecule has 0 radical (unpaired) electrons. The Bertz CT molecular complexity index is 808. The number of nitrogens with zero attached hydrogens (tertiary/aromatic N) is 2. The molecule has 6 heteroatoms. The van der Waals surface area contributed by atoms with Crippen LogP contribution in [0, 0.1) is 0 Å². The third-order valence-electron chi connectivity index (χ3n) is 3.86. The Morgan fingerprint density at radius 1 is 1.39 bits per heavy atom. The molecule has 0 aliphatic rings. The van der Waals surface area contributed by atoms with Gasteiger partial charge in [-0.3, -0.25) is 9.48 Å². The van der Waals surface area contributed by atoms with Crippen molar-refractivity contribution in [3.8, 4) is 0 Å². The van der Waals surface area contributed by atoms with Gasteiger partial charge in [-0.15, -0.1) is 11.3 Å². The van der Waals surface area contributed by atoms with Crippen molar-refractivity contribution in [2.24, 2.45) is 7.05 Å². The summed E-state index contributed by atoms with van der Waals surface area (Å²) in [7, 11) is 3.62. The van der Waals surface area contributed by atoms with E-state index in [0.717, 1.165) is 12.0 Å². The molecule has 1 amide bonds. The van der Waals surface area contributed by atoms with Crippen LogP contribution in [0.3, 0.4) is 0 Å². The van der Waals surface area contributed by atoms with Gasteiger partial charge in [0, 0.05) is 30.1 Å². The van der Waals surface area contributed by atoms with Gasteiger partial charge in [-0.1, -0.05) is 18.2 Å². The van der Waals surface area contributed by atoms with Crippen LogP contribution in [-0.2, 0) is 18.3 Å². The monoisotopic (exact) mass is 328 g/mol. The molecule has 1 unspecified atom stereocenters. The summed E-state index contributed by atoms with van der Waals surface area (Å²) in [5.74, 6) is -0.0277. The lowest BCUT2D eigenvalue weighted by Gasteiger charge is -2.14. The first-order valence-electron chi connectivity index (χ1n) is 7.57. The smallest absolute Gasteiger partial charge is 0.241 e. The predicted octanol–water partition coefficient (Wildman–Crippen LogP) is 2.25. The lowest BCUT2D eigenvalue weighted by Crippen LogP contribution is -2.36. The van der Waals surface area contributed by atoms with Crippen LogP contribution in [0.4, 0.5) is 0 Å². The summed E-state index contributed by atoms with van der Waals surface area (Å²) in [6.07, 6.45) is 4.40. The molecule has 2 N–H and O–H groups in total. The first kappa shape index (κ1) is 15.7. The van der Waals surface area contributed by atoms with Crippen molar-refractivity contribution in [1.82, 2.24) is 20.4 Å². The minimum absolute atomic E-state index is 0.0277. The molecule has 2 aromatic heterocycles. The fourth-order valence-corrected chi connectivity index (χ4v) is 3.68. The molecule has 5 nitrogen and oxygen atoms in total. The number of hydrogen-bond donors (Lipinski definition) is 2. The van der Waals surface area contributed by atoms with E-state index in [1.54, 1.807) is 29.3 Å². The number of fused-ring (bicyclic) bond motifs is 1. The van der Waals surface area contributed by atoms with Crippen LogP contribution in [0.2, 0.25) is 0 Å². The summed E-state index contributed by atoms with van der Waals surface area (Å²) in [6, 6.07) is 7.99. The number of carbonyl (C=O) groups is 1. The van der Waals surface area contributed by atoms with Gasteiger partial charge >= 0.3 is 0 Å². The van der Waals surface area contributed by atoms with Gasteiger partial charge in [0.25, 0.3) is 0 Å². The highest BCUT2D eigenvalue weighted by molar-refractivity contribution is 7.17. The average molecular weight is 328 g/mol. The number of aromatic nitrogens is 2. The van der Waals surface area contributed by atoms with Crippen LogP contribution < -0.4 is 10.6 Å². The summed E-state index contributed by atoms with van der Waals surface area (Å²) in [4.78, 5) is 12.4. The molecule has 0 bridgehead atoms. The van der Waals surface area contributed by atoms with Gasteiger partial charge in [0.2, 0.25) is 5.91 Å². The zero-order valence-electron chi connectivity index (χ0n) is 13.2. The van der Waals surface area contributed by atoms with Gasteiger partial charge in [0.15, 0.2) is 0 Å². The first-order valence-corrected chi connectivity index (χ1v) is 8.45. The van der Waals surface area contributed by atoms with Crippen LogP contribution in [0.15, 0.2) is 42.0 Å². The van der Waals surface area contributed by atoms with Gasteiger partial charge in [-0.05, 0) is 35.9 Å². The molecule has 120 valence electrons. The second kappa shape index (κ2) is 6.93. The number of thiophene rings is 1. The SMILES string of the molecule is CNC(C(=O)NCCc1csc2ccccc12)c1cnn(C)c1. The van der Waals surface area contributed by atoms with E-state index in [0.29, 0.717) is 6.54 Å². The minimum Gasteiger partial charge on any atom is -0.354 e. The van der Waals surface area contributed by atoms with Crippen molar-refractivity contribution in [2.75, 3.05) is 13.6 Å². The third-order valence-corrected chi connectivity index (χ3v) is 4.88. The highest BCUT2D eigenvalue weighted by Gasteiger charge is 2.19. The normalized spacial score (nSPS) is 12.4. The van der Waals surface area contributed by atoms with E-state index in [4.69, 9.17) is 0 Å². The maximum absolute atomic E-state index is 12.4. The Morgan fingerprint density at radius 3 is 2.96 bits per heavy atom. The van der Waals surface area contributed by atoms with Crippen LogP contribution in [0.5, 0.6) is 0 Å². The highest BCUT2D eigenvalue weighted by Crippen LogP contribution is 2.25. The van der Waals surface area contributed by atoms with Crippen molar-refractivity contribution in [1.29, 1.82) is 0 Å². The molecule has 0 saturated heterocycles. The maximum atomic E-state index is 12.4. The molecule has 0 aliphatic heterocycles. The van der Waals surface area contributed by atoms with Crippen molar-refractivity contribution >= 4 is 27.3 Å². The molecular formula is C17H20N4OS. The molecule has 1 aromatic carbocycles. The van der Waals surface area contributed by atoms with E-state index < -0.39 is 0 Å². The van der Waals surface area contributed by atoms with Crippen LogP contribution >= 0.6 is 11.3 Å². The molecule has 0 saturated carbocycles. The summed E-state index contributed by atoms with van der Waals surface area (Å²) in [6.45, 7) is 0.623. The van der Waals surface area contributed by atoms with Gasteiger partial charge in [0.05, 0.1) is 6.20 Å². The molecule has 0 fully saturated rings. The zero-order chi connectivity index (χ0) is 16.2. The lowest BCUT2D eigenvalue weighted by molar-refractivity contribution is -0.123. The number of benzene rings is 1. The summed E-state index contributed by atoms with van der Waals surface area (Å²) in [5, 5.41) is 13.6. The van der Waals surface area contributed by atoms with Crippen LogP contribution in [-0.4, -0.2) is 29.3 Å². The second-order valence-electron chi connectivity index (χ2n) is 5.47. The molecule has 23 heavy (non-hydrogen) atoms. The lowest BCUT2D eigenvalue weighted by atomic mass is 10.1. The topological polar surface area (TPSA) is 59.0 Å². The number of rotatable bonds is 6. The first-order chi connectivity index (χ1) is 11.2. The fraction of sp³-hybridized carbons (Fsp3) is 0.294. The van der Waals surface area contributed by atoms with Crippen molar-refractivity contribution < 1.29 is 4.79 Å². The van der Waals surface area contributed by atoms with Crippen LogP contribution in [0.25, 0.3) is 10.1 Å². The van der Waals surface area contributed by atoms with Crippen molar-refractivity contribution in [2.45, 2.75) is 12.5 Å². The number of nitrogens with one attached hydrogen (secondary N) is 2. The molecule has 3 aromatic rings. The van der Waals surface area contributed by atoms with Crippen LogP contribution in [0.1, 0.15) is 17.2 Å². The standard InChI is InChI=1S/C17H20N4OS/c1-18-16(13-9-20-21(2)10-13)17(22)19-8-7-12-11-23-15-6-4-3-5-14(12)15/h3-6,9-11,16,18H,7-8H2,1-2H3,(H,19,22). The van der Waals surface area contributed by atoms with E-state index >= 15 is 0 Å². The Labute approximate surface area is 139 Å². The molecule has 0 aliphatic carbocycles. The molecule has 1 atom stereocenters. The Kier molecular flexibility index (Phi) is 4.73. The number of amides is 1. The zero-order valence-corrected chi connectivity index (χ0v) is 14.1. The van der Waals surface area contributed by atoms with Crippen molar-refractivity contribution in [3.05, 3.63) is 53.2 Å². The van der Waals surface area contributed by atoms with E-state index in [-0.39, 0.29) is 11.9 Å². The number of aryl methyl sites for hydroxylation is 1. The van der Waals surface area contributed by atoms with Crippen molar-refractivity contribution in [3.63, 3.8) is 0 Å². The van der Waals surface area contributed by atoms with Gasteiger partial charge in [-0.25, -0.2) is 0 Å². The Balaban J connectivity index is 1.60. The largest absolute Gasteiger partial charge is 0.354 e. The summed E-state index contributed by atoms with van der Waals surface area (Å²) in [5.41, 5.74) is 2.15. The Hall–Kier alpha value is -2.18. The quantitative estimate of drug-likeness (QED) is 0.730. The van der Waals surface area contributed by atoms with Gasteiger partial charge < -0.3 is 10.6 Å². The highest BCUT2D eigenvalue weighted by atomic mass is 32.1. The summed E-state index contributed by atoms with van der Waals surface area (Å²) < 4.78 is 2.99. The fourth-order valence-electron chi connectivity index (χ4n) is 2.69. The van der Waals surface area contributed by atoms with E-state index in [1.807, 2.05) is 13.2 Å². The molecule has 3 rings (SSSR count). The average Bonchev–Trinajstić information content (AvgIpc) is 3.15. The van der Waals surface area contributed by atoms with E-state index in [2.05, 4.69) is 45.4 Å². The second-order valence-corrected chi connectivity index (χ2v) is 6.38. The molecular weight excluding hydrogens is 308 g/mol. The van der Waals surface area contributed by atoms with Gasteiger partial charge in [0.1, 0.15) is 6.04 Å². The number of carbonyl (C=O) groups excluding carboxylic acids is 1. The predicted molar refractivity (Wildman–Crippen MR) is 93.5 cm³/mol. The third kappa shape index (κ3) is 3.43. The number of hydrogen-bond acceptors (Lipinski definition) is 4. The molecule has 2 heterocycles. The Morgan fingerprint density at radius 2 is 2.22 bits per heavy atom. The van der Waals surface area contributed by atoms with Gasteiger partial charge in [-0.2, -0.15) is 5.10 Å². The van der Waals surface area contributed by atoms with E-state index in [9.17, 15) is 4.79 Å². The van der Waals surface area contributed by atoms with E-state index in [1.165, 1.54) is 15.6 Å². The number of likely N-dealkylation sites (N-methyl/N-ethyl adjacent to an activating group) is 1. The minimum atomic E-state index is -0.372. The molecule has 0 spiro atoms. The summed E-state index contributed by atoms with van der Waals surface area (Å²) >= 11 is 1.75.